The summed E-state index contributed by atoms with van der Waals surface area (Å²) in [5, 5.41) is 7.11. The van der Waals surface area contributed by atoms with Crippen molar-refractivity contribution in [2.24, 2.45) is 0 Å². The molecule has 0 fully saturated rings. The standard InChI is InChI=1S/C17H12F3N3OS/c18-17(19,20)12-4-1-2-5-13(12)23-15-8-7-11(10-21-15)22-16(24)14-6-3-9-25-14/h1-10H,(H,21,23)(H,22,24). The fourth-order valence-corrected chi connectivity index (χ4v) is 2.74. The fraction of sp³-hybridized carbons (Fsp3) is 0.0588. The van der Waals surface area contributed by atoms with Gasteiger partial charge < -0.3 is 10.6 Å². The number of nitrogens with one attached hydrogen (secondary N) is 2. The molecule has 8 heteroatoms. The van der Waals surface area contributed by atoms with E-state index in [1.165, 1.54) is 41.8 Å². The van der Waals surface area contributed by atoms with Crippen LogP contribution in [0.1, 0.15) is 15.2 Å². The van der Waals surface area contributed by atoms with Crippen LogP contribution in [0.5, 0.6) is 0 Å². The zero-order chi connectivity index (χ0) is 17.9. The van der Waals surface area contributed by atoms with E-state index in [0.29, 0.717) is 10.6 Å². The van der Waals surface area contributed by atoms with E-state index in [1.807, 2.05) is 0 Å². The Morgan fingerprint density at radius 2 is 1.84 bits per heavy atom. The molecule has 2 aromatic heterocycles. The summed E-state index contributed by atoms with van der Waals surface area (Å²) in [4.78, 5) is 16.5. The van der Waals surface area contributed by atoms with Gasteiger partial charge in [-0.25, -0.2) is 4.98 Å². The number of hydrogen-bond donors (Lipinski definition) is 2. The highest BCUT2D eigenvalue weighted by Gasteiger charge is 2.33. The van der Waals surface area contributed by atoms with E-state index in [4.69, 9.17) is 0 Å². The van der Waals surface area contributed by atoms with E-state index >= 15 is 0 Å². The van der Waals surface area contributed by atoms with Crippen LogP contribution >= 0.6 is 11.3 Å². The average molecular weight is 363 g/mol. The number of carbonyl (C=O) groups is 1. The van der Waals surface area contributed by atoms with Gasteiger partial charge >= 0.3 is 6.18 Å². The Morgan fingerprint density at radius 3 is 2.48 bits per heavy atom. The maximum Gasteiger partial charge on any atom is 0.418 e. The van der Waals surface area contributed by atoms with Gasteiger partial charge in [0, 0.05) is 0 Å². The third-order valence-corrected chi connectivity index (χ3v) is 4.13. The first-order chi connectivity index (χ1) is 11.9. The summed E-state index contributed by atoms with van der Waals surface area (Å²) in [7, 11) is 0. The molecule has 3 rings (SSSR count). The van der Waals surface area contributed by atoms with Gasteiger partial charge in [-0.1, -0.05) is 18.2 Å². The zero-order valence-corrected chi connectivity index (χ0v) is 13.5. The Morgan fingerprint density at radius 1 is 1.04 bits per heavy atom. The van der Waals surface area contributed by atoms with Crippen LogP contribution in [0, 0.1) is 0 Å². The lowest BCUT2D eigenvalue weighted by Gasteiger charge is -2.14. The maximum absolute atomic E-state index is 13.0. The molecule has 1 aromatic carbocycles. The van der Waals surface area contributed by atoms with E-state index in [-0.39, 0.29) is 17.4 Å². The second-order valence-corrected chi connectivity index (χ2v) is 5.98. The smallest absolute Gasteiger partial charge is 0.340 e. The molecular formula is C17H12F3N3OS. The molecule has 0 bridgehead atoms. The number of rotatable bonds is 4. The van der Waals surface area contributed by atoms with Crippen molar-refractivity contribution in [3.05, 3.63) is 70.5 Å². The van der Waals surface area contributed by atoms with Gasteiger partial charge in [0.15, 0.2) is 0 Å². The predicted octanol–water partition coefficient (Wildman–Crippen LogP) is 5.16. The van der Waals surface area contributed by atoms with Crippen LogP contribution in [0.4, 0.5) is 30.4 Å². The molecule has 0 radical (unpaired) electrons. The molecule has 0 atom stereocenters. The minimum absolute atomic E-state index is 0.0853. The summed E-state index contributed by atoms with van der Waals surface area (Å²) in [6, 6.07) is 11.7. The number of halogens is 3. The number of anilines is 3. The predicted molar refractivity (Wildman–Crippen MR) is 91.2 cm³/mol. The molecule has 0 unspecified atom stereocenters. The van der Waals surface area contributed by atoms with Crippen molar-refractivity contribution in [3.63, 3.8) is 0 Å². The molecule has 3 aromatic rings. The molecule has 2 heterocycles. The number of benzene rings is 1. The maximum atomic E-state index is 13.0. The third-order valence-electron chi connectivity index (χ3n) is 3.26. The van der Waals surface area contributed by atoms with Crippen molar-refractivity contribution in [2.75, 3.05) is 10.6 Å². The molecule has 1 amide bonds. The quantitative estimate of drug-likeness (QED) is 0.673. The Hall–Kier alpha value is -2.87. The number of hydrogen-bond acceptors (Lipinski definition) is 4. The minimum Gasteiger partial charge on any atom is -0.340 e. The topological polar surface area (TPSA) is 54.0 Å². The average Bonchev–Trinajstić information content (AvgIpc) is 3.11. The lowest BCUT2D eigenvalue weighted by atomic mass is 10.1. The normalized spacial score (nSPS) is 11.2. The second-order valence-electron chi connectivity index (χ2n) is 5.03. The largest absolute Gasteiger partial charge is 0.418 e. The van der Waals surface area contributed by atoms with Crippen LogP contribution in [0.25, 0.3) is 0 Å². The van der Waals surface area contributed by atoms with Gasteiger partial charge in [-0.3, -0.25) is 4.79 Å². The summed E-state index contributed by atoms with van der Waals surface area (Å²) in [5.74, 6) is -0.0225. The van der Waals surface area contributed by atoms with Crippen molar-refractivity contribution in [2.45, 2.75) is 6.18 Å². The van der Waals surface area contributed by atoms with Gasteiger partial charge in [-0.05, 0) is 35.7 Å². The first kappa shape index (κ1) is 17.0. The van der Waals surface area contributed by atoms with Gasteiger partial charge in [0.25, 0.3) is 5.91 Å². The number of carbonyl (C=O) groups excluding carboxylic acids is 1. The summed E-state index contributed by atoms with van der Waals surface area (Å²) >= 11 is 1.31. The molecule has 2 N–H and O–H groups in total. The molecule has 0 aliphatic rings. The van der Waals surface area contributed by atoms with Crippen LogP contribution in [0.2, 0.25) is 0 Å². The third kappa shape index (κ3) is 4.16. The highest BCUT2D eigenvalue weighted by molar-refractivity contribution is 7.12. The first-order valence-electron chi connectivity index (χ1n) is 7.17. The molecule has 0 spiro atoms. The molecule has 4 nitrogen and oxygen atoms in total. The fourth-order valence-electron chi connectivity index (χ4n) is 2.12. The second kappa shape index (κ2) is 6.94. The van der Waals surface area contributed by atoms with Crippen molar-refractivity contribution in [1.82, 2.24) is 4.98 Å². The summed E-state index contributed by atoms with van der Waals surface area (Å²) in [5.41, 5.74) is -0.405. The Balaban J connectivity index is 1.73. The van der Waals surface area contributed by atoms with Crippen LogP contribution < -0.4 is 10.6 Å². The van der Waals surface area contributed by atoms with E-state index < -0.39 is 11.7 Å². The van der Waals surface area contributed by atoms with Crippen LogP contribution in [-0.4, -0.2) is 10.9 Å². The molecule has 0 saturated carbocycles. The Labute approximate surface area is 145 Å². The molecule has 25 heavy (non-hydrogen) atoms. The van der Waals surface area contributed by atoms with Crippen LogP contribution in [0.3, 0.4) is 0 Å². The number of pyridine rings is 1. The lowest BCUT2D eigenvalue weighted by Crippen LogP contribution is -2.11. The highest BCUT2D eigenvalue weighted by Crippen LogP contribution is 2.35. The molecular weight excluding hydrogens is 351 g/mol. The zero-order valence-electron chi connectivity index (χ0n) is 12.7. The van der Waals surface area contributed by atoms with E-state index in [9.17, 15) is 18.0 Å². The number of thiophene rings is 1. The molecule has 0 saturated heterocycles. The Bertz CT molecular complexity index is 862. The number of aromatic nitrogens is 1. The highest BCUT2D eigenvalue weighted by atomic mass is 32.1. The number of nitrogens with zero attached hydrogens (tertiary/aromatic N) is 1. The van der Waals surface area contributed by atoms with E-state index in [0.717, 1.165) is 6.07 Å². The summed E-state index contributed by atoms with van der Waals surface area (Å²) in [6.07, 6.45) is -3.08. The first-order valence-corrected chi connectivity index (χ1v) is 8.05. The van der Waals surface area contributed by atoms with Crippen molar-refractivity contribution in [3.8, 4) is 0 Å². The number of alkyl halides is 3. The van der Waals surface area contributed by atoms with Gasteiger partial charge in [0.1, 0.15) is 5.82 Å². The monoisotopic (exact) mass is 363 g/mol. The lowest BCUT2D eigenvalue weighted by molar-refractivity contribution is -0.136. The Kier molecular flexibility index (Phi) is 4.71. The van der Waals surface area contributed by atoms with Gasteiger partial charge in [-0.15, -0.1) is 11.3 Å². The van der Waals surface area contributed by atoms with Crippen molar-refractivity contribution in [1.29, 1.82) is 0 Å². The van der Waals surface area contributed by atoms with Crippen molar-refractivity contribution < 1.29 is 18.0 Å². The SMILES string of the molecule is O=C(Nc1ccc(Nc2ccccc2C(F)(F)F)nc1)c1cccs1. The molecule has 0 aliphatic heterocycles. The summed E-state index contributed by atoms with van der Waals surface area (Å²) < 4.78 is 39.0. The molecule has 128 valence electrons. The van der Waals surface area contributed by atoms with Crippen LogP contribution in [0.15, 0.2) is 60.1 Å². The van der Waals surface area contributed by atoms with Crippen LogP contribution in [-0.2, 0) is 6.18 Å². The minimum atomic E-state index is -4.46. The van der Waals surface area contributed by atoms with Gasteiger partial charge in [-0.2, -0.15) is 13.2 Å². The number of para-hydroxylation sites is 1. The number of amides is 1. The van der Waals surface area contributed by atoms with Gasteiger partial charge in [0.05, 0.1) is 28.0 Å². The summed E-state index contributed by atoms with van der Waals surface area (Å²) in [6.45, 7) is 0. The van der Waals surface area contributed by atoms with Crippen molar-refractivity contribution >= 4 is 34.4 Å². The van der Waals surface area contributed by atoms with Gasteiger partial charge in [0.2, 0.25) is 0 Å². The van der Waals surface area contributed by atoms with E-state index in [1.54, 1.807) is 23.6 Å². The molecule has 0 aliphatic carbocycles. The van der Waals surface area contributed by atoms with E-state index in [2.05, 4.69) is 15.6 Å².